The maximum absolute atomic E-state index is 12.0. The third kappa shape index (κ3) is 4.83. The molecule has 0 saturated heterocycles. The van der Waals surface area contributed by atoms with Crippen molar-refractivity contribution in [3.05, 3.63) is 35.9 Å². The first-order valence-corrected chi connectivity index (χ1v) is 7.88. The average Bonchev–Trinajstić information content (AvgIpc) is 2.98. The Balaban J connectivity index is 1.70. The second kappa shape index (κ2) is 8.15. The molecule has 0 heterocycles. The zero-order valence-corrected chi connectivity index (χ0v) is 12.5. The Morgan fingerprint density at radius 2 is 2.00 bits per heavy atom. The molecule has 1 aliphatic rings. The lowest BCUT2D eigenvalue weighted by Gasteiger charge is -2.19. The third-order valence-electron chi connectivity index (χ3n) is 4.51. The summed E-state index contributed by atoms with van der Waals surface area (Å²) in [6.07, 6.45) is 4.77. The van der Waals surface area contributed by atoms with Crippen LogP contribution in [0, 0.1) is 11.8 Å². The van der Waals surface area contributed by atoms with Gasteiger partial charge in [0, 0.05) is 13.2 Å². The molecule has 4 nitrogen and oxygen atoms in total. The van der Waals surface area contributed by atoms with Crippen LogP contribution in [0.4, 0.5) is 0 Å². The van der Waals surface area contributed by atoms with Gasteiger partial charge in [0.2, 0.25) is 5.91 Å². The SMILES string of the molecule is N[C@@H](CCc1ccccc1)C(=O)NCC1CCCC1CO. The van der Waals surface area contributed by atoms with Crippen molar-refractivity contribution in [2.75, 3.05) is 13.2 Å². The van der Waals surface area contributed by atoms with Crippen LogP contribution in [0.15, 0.2) is 30.3 Å². The molecule has 3 atom stereocenters. The van der Waals surface area contributed by atoms with E-state index in [4.69, 9.17) is 5.73 Å². The molecular formula is C17H26N2O2. The summed E-state index contributed by atoms with van der Waals surface area (Å²) in [5.74, 6) is 0.667. The summed E-state index contributed by atoms with van der Waals surface area (Å²) in [6, 6.07) is 9.62. The number of aryl methyl sites for hydroxylation is 1. The molecule has 0 bridgehead atoms. The lowest BCUT2D eigenvalue weighted by molar-refractivity contribution is -0.122. The van der Waals surface area contributed by atoms with Gasteiger partial charge in [-0.2, -0.15) is 0 Å². The lowest BCUT2D eigenvalue weighted by Crippen LogP contribution is -2.43. The number of benzene rings is 1. The fourth-order valence-corrected chi connectivity index (χ4v) is 3.08. The van der Waals surface area contributed by atoms with Gasteiger partial charge in [-0.3, -0.25) is 4.79 Å². The smallest absolute Gasteiger partial charge is 0.236 e. The van der Waals surface area contributed by atoms with Gasteiger partial charge in [-0.1, -0.05) is 36.8 Å². The topological polar surface area (TPSA) is 75.4 Å². The predicted molar refractivity (Wildman–Crippen MR) is 83.7 cm³/mol. The molecule has 0 aromatic heterocycles. The van der Waals surface area contributed by atoms with Crippen LogP contribution in [0.25, 0.3) is 0 Å². The first kappa shape index (κ1) is 16.0. The first-order valence-electron chi connectivity index (χ1n) is 7.88. The summed E-state index contributed by atoms with van der Waals surface area (Å²) in [4.78, 5) is 12.0. The largest absolute Gasteiger partial charge is 0.396 e. The highest BCUT2D eigenvalue weighted by atomic mass is 16.3. The molecule has 116 valence electrons. The van der Waals surface area contributed by atoms with Crippen molar-refractivity contribution < 1.29 is 9.90 Å². The summed E-state index contributed by atoms with van der Waals surface area (Å²) < 4.78 is 0. The van der Waals surface area contributed by atoms with Gasteiger partial charge in [0.05, 0.1) is 6.04 Å². The summed E-state index contributed by atoms with van der Waals surface area (Å²) in [5, 5.41) is 12.2. The van der Waals surface area contributed by atoms with Gasteiger partial charge in [0.15, 0.2) is 0 Å². The van der Waals surface area contributed by atoms with Crippen molar-refractivity contribution in [2.45, 2.75) is 38.1 Å². The van der Waals surface area contributed by atoms with Crippen LogP contribution in [0.3, 0.4) is 0 Å². The Labute approximate surface area is 126 Å². The summed E-state index contributed by atoms with van der Waals surface area (Å²) in [7, 11) is 0. The van der Waals surface area contributed by atoms with Crippen molar-refractivity contribution in [1.29, 1.82) is 0 Å². The van der Waals surface area contributed by atoms with Gasteiger partial charge in [-0.05, 0) is 43.1 Å². The number of aliphatic hydroxyl groups is 1. The quantitative estimate of drug-likeness (QED) is 0.712. The minimum atomic E-state index is -0.459. The molecule has 0 aliphatic heterocycles. The highest BCUT2D eigenvalue weighted by Crippen LogP contribution is 2.30. The molecule has 0 spiro atoms. The zero-order valence-electron chi connectivity index (χ0n) is 12.5. The molecule has 1 amide bonds. The molecule has 1 aromatic carbocycles. The van der Waals surface area contributed by atoms with E-state index in [2.05, 4.69) is 17.4 Å². The fourth-order valence-electron chi connectivity index (χ4n) is 3.08. The van der Waals surface area contributed by atoms with E-state index >= 15 is 0 Å². The number of hydrogen-bond donors (Lipinski definition) is 3. The van der Waals surface area contributed by atoms with Crippen LogP contribution >= 0.6 is 0 Å². The van der Waals surface area contributed by atoms with E-state index in [0.717, 1.165) is 25.7 Å². The minimum absolute atomic E-state index is 0.0745. The Morgan fingerprint density at radius 1 is 1.29 bits per heavy atom. The van der Waals surface area contributed by atoms with Crippen LogP contribution in [0.1, 0.15) is 31.2 Å². The van der Waals surface area contributed by atoms with E-state index in [0.29, 0.717) is 24.8 Å². The van der Waals surface area contributed by atoms with Crippen molar-refractivity contribution in [3.8, 4) is 0 Å². The van der Waals surface area contributed by atoms with Crippen LogP contribution in [-0.2, 0) is 11.2 Å². The number of carbonyl (C=O) groups is 1. The van der Waals surface area contributed by atoms with Gasteiger partial charge >= 0.3 is 0 Å². The molecule has 4 N–H and O–H groups in total. The van der Waals surface area contributed by atoms with Gasteiger partial charge in [-0.25, -0.2) is 0 Å². The number of nitrogens with two attached hydrogens (primary N) is 1. The summed E-state index contributed by atoms with van der Waals surface area (Å²) in [5.41, 5.74) is 7.16. The Morgan fingerprint density at radius 3 is 2.71 bits per heavy atom. The monoisotopic (exact) mass is 290 g/mol. The molecule has 1 aromatic rings. The number of aliphatic hydroxyl groups excluding tert-OH is 1. The van der Waals surface area contributed by atoms with Crippen molar-refractivity contribution in [3.63, 3.8) is 0 Å². The number of carbonyl (C=O) groups excluding carboxylic acids is 1. The summed E-state index contributed by atoms with van der Waals surface area (Å²) >= 11 is 0. The van der Waals surface area contributed by atoms with E-state index in [1.165, 1.54) is 5.56 Å². The first-order chi connectivity index (χ1) is 10.2. The second-order valence-corrected chi connectivity index (χ2v) is 6.01. The third-order valence-corrected chi connectivity index (χ3v) is 4.51. The van der Waals surface area contributed by atoms with E-state index in [9.17, 15) is 9.90 Å². The number of nitrogens with one attached hydrogen (secondary N) is 1. The van der Waals surface area contributed by atoms with Crippen LogP contribution in [0.5, 0.6) is 0 Å². The van der Waals surface area contributed by atoms with Gasteiger partial charge in [0.25, 0.3) is 0 Å². The van der Waals surface area contributed by atoms with Crippen molar-refractivity contribution in [2.24, 2.45) is 17.6 Å². The number of amides is 1. The van der Waals surface area contributed by atoms with E-state index in [1.54, 1.807) is 0 Å². The molecular weight excluding hydrogens is 264 g/mol. The maximum Gasteiger partial charge on any atom is 0.236 e. The Kier molecular flexibility index (Phi) is 6.21. The zero-order chi connectivity index (χ0) is 15.1. The molecule has 1 saturated carbocycles. The van der Waals surface area contributed by atoms with E-state index < -0.39 is 6.04 Å². The van der Waals surface area contributed by atoms with Crippen LogP contribution < -0.4 is 11.1 Å². The molecule has 4 heteroatoms. The van der Waals surface area contributed by atoms with Crippen molar-refractivity contribution in [1.82, 2.24) is 5.32 Å². The van der Waals surface area contributed by atoms with Gasteiger partial charge in [-0.15, -0.1) is 0 Å². The lowest BCUT2D eigenvalue weighted by atomic mass is 9.97. The number of rotatable bonds is 7. The molecule has 0 radical (unpaired) electrons. The van der Waals surface area contributed by atoms with E-state index in [-0.39, 0.29) is 12.5 Å². The molecule has 2 rings (SSSR count). The molecule has 1 fully saturated rings. The fraction of sp³-hybridized carbons (Fsp3) is 0.588. The standard InChI is InChI=1S/C17H26N2O2/c18-16(10-9-13-5-2-1-3-6-13)17(21)19-11-14-7-4-8-15(14)12-20/h1-3,5-6,14-16,20H,4,7-12,18H2,(H,19,21)/t14?,15?,16-/m0/s1. The highest BCUT2D eigenvalue weighted by Gasteiger charge is 2.27. The summed E-state index contributed by atoms with van der Waals surface area (Å²) in [6.45, 7) is 0.865. The molecule has 1 aliphatic carbocycles. The van der Waals surface area contributed by atoms with Crippen LogP contribution in [-0.4, -0.2) is 30.2 Å². The minimum Gasteiger partial charge on any atom is -0.396 e. The molecule has 21 heavy (non-hydrogen) atoms. The number of hydrogen-bond acceptors (Lipinski definition) is 3. The Bertz CT molecular complexity index is 436. The average molecular weight is 290 g/mol. The molecule has 2 unspecified atom stereocenters. The van der Waals surface area contributed by atoms with Crippen molar-refractivity contribution >= 4 is 5.91 Å². The van der Waals surface area contributed by atoms with Gasteiger partial charge in [0.1, 0.15) is 0 Å². The highest BCUT2D eigenvalue weighted by molar-refractivity contribution is 5.81. The maximum atomic E-state index is 12.0. The second-order valence-electron chi connectivity index (χ2n) is 6.01. The van der Waals surface area contributed by atoms with Gasteiger partial charge < -0.3 is 16.2 Å². The van der Waals surface area contributed by atoms with Crippen LogP contribution in [0.2, 0.25) is 0 Å². The predicted octanol–water partition coefficient (Wildman–Crippen LogP) is 1.47. The normalized spacial score (nSPS) is 23.0. The Hall–Kier alpha value is -1.39. The van der Waals surface area contributed by atoms with E-state index in [1.807, 2.05) is 18.2 Å².